The number of alkyl carbamates (subject to hydrolysis) is 1. The molecular formula is C22H31N3O6. The molecule has 9 nitrogen and oxygen atoms in total. The number of hydrogen-bond donors (Lipinski definition) is 2. The topological polar surface area (TPSA) is 116 Å². The molecule has 1 unspecified atom stereocenters. The van der Waals surface area contributed by atoms with E-state index < -0.39 is 41.6 Å². The van der Waals surface area contributed by atoms with Gasteiger partial charge in [0, 0.05) is 31.1 Å². The molecule has 1 heterocycles. The number of carbonyl (C=O) groups excluding carboxylic acids is 3. The summed E-state index contributed by atoms with van der Waals surface area (Å²) in [5.74, 6) is -1.41. The molecule has 0 spiro atoms. The predicted molar refractivity (Wildman–Crippen MR) is 114 cm³/mol. The van der Waals surface area contributed by atoms with E-state index in [2.05, 4.69) is 5.32 Å². The standard InChI is InChI=1S/C22H31N3O6/c1-13(2)24(21(29)30)11-15(14(3)23-20(28)31-22(4,5)6)12-25-18(26)16-9-7-8-10-17(16)19(25)27/h7-10,13-15H,11-12H2,1-6H3,(H,23,28)(H,29,30)/t14-,15?/m1/s1. The van der Waals surface area contributed by atoms with Crippen LogP contribution in [0.2, 0.25) is 0 Å². The number of carbonyl (C=O) groups is 4. The molecule has 0 radical (unpaired) electrons. The summed E-state index contributed by atoms with van der Waals surface area (Å²) in [6, 6.07) is 5.65. The molecule has 2 N–H and O–H groups in total. The van der Waals surface area contributed by atoms with Crippen LogP contribution in [0, 0.1) is 5.92 Å². The maximum atomic E-state index is 12.8. The summed E-state index contributed by atoms with van der Waals surface area (Å²) in [6.45, 7) is 10.4. The van der Waals surface area contributed by atoms with Crippen LogP contribution in [0.1, 0.15) is 62.3 Å². The smallest absolute Gasteiger partial charge is 0.407 e. The molecule has 1 aliphatic heterocycles. The monoisotopic (exact) mass is 433 g/mol. The van der Waals surface area contributed by atoms with Gasteiger partial charge in [0.05, 0.1) is 11.1 Å². The lowest BCUT2D eigenvalue weighted by Gasteiger charge is -2.34. The maximum absolute atomic E-state index is 12.8. The van der Waals surface area contributed by atoms with E-state index >= 15 is 0 Å². The molecular weight excluding hydrogens is 402 g/mol. The van der Waals surface area contributed by atoms with E-state index in [1.807, 2.05) is 0 Å². The van der Waals surface area contributed by atoms with Gasteiger partial charge >= 0.3 is 12.2 Å². The number of nitrogens with zero attached hydrogens (tertiary/aromatic N) is 2. The third kappa shape index (κ3) is 5.96. The highest BCUT2D eigenvalue weighted by molar-refractivity contribution is 6.21. The van der Waals surface area contributed by atoms with Crippen molar-refractivity contribution in [1.82, 2.24) is 15.1 Å². The summed E-state index contributed by atoms with van der Waals surface area (Å²) in [5.41, 5.74) is -0.0664. The van der Waals surface area contributed by atoms with Crippen LogP contribution in [0.25, 0.3) is 0 Å². The quantitative estimate of drug-likeness (QED) is 0.638. The highest BCUT2D eigenvalue weighted by atomic mass is 16.6. The highest BCUT2D eigenvalue weighted by Gasteiger charge is 2.38. The molecule has 1 aromatic rings. The minimum absolute atomic E-state index is 0.0252. The Labute approximate surface area is 182 Å². The van der Waals surface area contributed by atoms with E-state index in [0.717, 1.165) is 4.90 Å². The van der Waals surface area contributed by atoms with Crippen molar-refractivity contribution in [2.75, 3.05) is 13.1 Å². The van der Waals surface area contributed by atoms with Gasteiger partial charge in [-0.2, -0.15) is 0 Å². The van der Waals surface area contributed by atoms with Crippen molar-refractivity contribution in [3.63, 3.8) is 0 Å². The Morgan fingerprint density at radius 1 is 1.10 bits per heavy atom. The summed E-state index contributed by atoms with van der Waals surface area (Å²) in [6.07, 6.45) is -1.77. The molecule has 0 fully saturated rings. The zero-order valence-electron chi connectivity index (χ0n) is 18.8. The average Bonchev–Trinajstić information content (AvgIpc) is 2.87. The van der Waals surface area contributed by atoms with Crippen LogP contribution in [0.4, 0.5) is 9.59 Å². The summed E-state index contributed by atoms with van der Waals surface area (Å²) in [4.78, 5) is 51.9. The number of imide groups is 1. The van der Waals surface area contributed by atoms with Crippen LogP contribution >= 0.6 is 0 Å². The van der Waals surface area contributed by atoms with Crippen molar-refractivity contribution in [2.24, 2.45) is 5.92 Å². The Balaban J connectivity index is 2.25. The number of rotatable bonds is 7. The van der Waals surface area contributed by atoms with E-state index in [-0.39, 0.29) is 19.1 Å². The lowest BCUT2D eigenvalue weighted by molar-refractivity contribution is 0.0463. The normalized spacial score (nSPS) is 15.5. The van der Waals surface area contributed by atoms with Gasteiger partial charge in [-0.15, -0.1) is 0 Å². The molecule has 2 atom stereocenters. The molecule has 0 saturated heterocycles. The molecule has 9 heteroatoms. The van der Waals surface area contributed by atoms with Gasteiger partial charge in [-0.1, -0.05) is 12.1 Å². The van der Waals surface area contributed by atoms with E-state index in [1.165, 1.54) is 4.90 Å². The summed E-state index contributed by atoms with van der Waals surface area (Å²) in [5, 5.41) is 12.3. The van der Waals surface area contributed by atoms with Gasteiger partial charge in [-0.3, -0.25) is 14.5 Å². The molecule has 0 saturated carbocycles. The van der Waals surface area contributed by atoms with Crippen LogP contribution in [0.15, 0.2) is 24.3 Å². The number of amides is 4. The fourth-order valence-electron chi connectivity index (χ4n) is 3.39. The molecule has 1 aromatic carbocycles. The molecule has 31 heavy (non-hydrogen) atoms. The Kier molecular flexibility index (Phi) is 7.30. The second-order valence-corrected chi connectivity index (χ2v) is 8.99. The van der Waals surface area contributed by atoms with E-state index in [1.54, 1.807) is 65.8 Å². The van der Waals surface area contributed by atoms with Crippen molar-refractivity contribution in [2.45, 2.75) is 59.2 Å². The van der Waals surface area contributed by atoms with Crippen molar-refractivity contribution in [3.8, 4) is 0 Å². The number of nitrogens with one attached hydrogen (secondary N) is 1. The van der Waals surface area contributed by atoms with Gasteiger partial charge in [-0.25, -0.2) is 9.59 Å². The second-order valence-electron chi connectivity index (χ2n) is 8.99. The van der Waals surface area contributed by atoms with Crippen molar-refractivity contribution in [3.05, 3.63) is 35.4 Å². The fraction of sp³-hybridized carbons (Fsp3) is 0.545. The largest absolute Gasteiger partial charge is 0.465 e. The number of benzene rings is 1. The zero-order valence-corrected chi connectivity index (χ0v) is 18.8. The first-order chi connectivity index (χ1) is 14.3. The Bertz CT molecular complexity index is 826. The van der Waals surface area contributed by atoms with Crippen LogP contribution in [0.5, 0.6) is 0 Å². The molecule has 170 valence electrons. The van der Waals surface area contributed by atoms with Gasteiger partial charge in [0.1, 0.15) is 5.60 Å². The first kappa shape index (κ1) is 24.2. The Hall–Kier alpha value is -3.10. The van der Waals surface area contributed by atoms with Gasteiger partial charge in [0.15, 0.2) is 0 Å². The molecule has 1 aliphatic rings. The molecule has 2 rings (SSSR count). The summed E-state index contributed by atoms with van der Waals surface area (Å²) in [7, 11) is 0. The Morgan fingerprint density at radius 3 is 2.03 bits per heavy atom. The third-order valence-corrected chi connectivity index (χ3v) is 5.05. The third-order valence-electron chi connectivity index (χ3n) is 5.05. The van der Waals surface area contributed by atoms with Crippen LogP contribution < -0.4 is 5.32 Å². The van der Waals surface area contributed by atoms with Crippen LogP contribution in [-0.2, 0) is 4.74 Å². The van der Waals surface area contributed by atoms with E-state index in [9.17, 15) is 24.3 Å². The van der Waals surface area contributed by atoms with E-state index in [4.69, 9.17) is 4.74 Å². The maximum Gasteiger partial charge on any atom is 0.407 e. The number of fused-ring (bicyclic) bond motifs is 1. The lowest BCUT2D eigenvalue weighted by Crippen LogP contribution is -2.51. The lowest BCUT2D eigenvalue weighted by atomic mass is 9.99. The van der Waals surface area contributed by atoms with Crippen molar-refractivity contribution >= 4 is 24.0 Å². The summed E-state index contributed by atoms with van der Waals surface area (Å²) < 4.78 is 5.29. The predicted octanol–water partition coefficient (Wildman–Crippen LogP) is 3.20. The minimum atomic E-state index is -1.12. The van der Waals surface area contributed by atoms with Crippen LogP contribution in [0.3, 0.4) is 0 Å². The number of hydrogen-bond acceptors (Lipinski definition) is 5. The summed E-state index contributed by atoms with van der Waals surface area (Å²) >= 11 is 0. The molecule has 0 aromatic heterocycles. The van der Waals surface area contributed by atoms with Crippen molar-refractivity contribution in [1.29, 1.82) is 0 Å². The van der Waals surface area contributed by atoms with Gasteiger partial charge in [-0.05, 0) is 53.7 Å². The average molecular weight is 434 g/mol. The number of carboxylic acid groups (broad SMARTS) is 1. The van der Waals surface area contributed by atoms with Gasteiger partial charge in [0.25, 0.3) is 11.8 Å². The SMILES string of the molecule is CC(C)N(CC(CN1C(=O)c2ccccc2C1=O)[C@@H](C)NC(=O)OC(C)(C)C)C(=O)O. The van der Waals surface area contributed by atoms with E-state index in [0.29, 0.717) is 11.1 Å². The van der Waals surface area contributed by atoms with Gasteiger partial charge in [0.2, 0.25) is 0 Å². The first-order valence-electron chi connectivity index (χ1n) is 10.3. The second kappa shape index (κ2) is 9.36. The molecule has 4 amide bonds. The Morgan fingerprint density at radius 2 is 1.61 bits per heavy atom. The van der Waals surface area contributed by atoms with Crippen LogP contribution in [-0.4, -0.2) is 69.7 Å². The fourth-order valence-corrected chi connectivity index (χ4v) is 3.39. The molecule has 0 bridgehead atoms. The zero-order chi connectivity index (χ0) is 23.5. The number of ether oxygens (including phenoxy) is 1. The first-order valence-corrected chi connectivity index (χ1v) is 10.3. The molecule has 0 aliphatic carbocycles. The highest BCUT2D eigenvalue weighted by Crippen LogP contribution is 2.25. The van der Waals surface area contributed by atoms with Crippen molar-refractivity contribution < 1.29 is 29.0 Å². The minimum Gasteiger partial charge on any atom is -0.465 e. The van der Waals surface area contributed by atoms with Gasteiger partial charge < -0.3 is 20.1 Å².